The van der Waals surface area contributed by atoms with Gasteiger partial charge in [0.25, 0.3) is 0 Å². The van der Waals surface area contributed by atoms with E-state index in [2.05, 4.69) is 15.3 Å². The summed E-state index contributed by atoms with van der Waals surface area (Å²) in [5.41, 5.74) is 1.86. The van der Waals surface area contributed by atoms with E-state index >= 15 is 0 Å². The van der Waals surface area contributed by atoms with Crippen LogP contribution in [0.15, 0.2) is 30.6 Å². The third-order valence-electron chi connectivity index (χ3n) is 2.44. The molecule has 0 amide bonds. The quantitative estimate of drug-likeness (QED) is 0.926. The van der Waals surface area contributed by atoms with Gasteiger partial charge in [0.2, 0.25) is 0 Å². The number of hydrogen-bond acceptors (Lipinski definition) is 3. The van der Waals surface area contributed by atoms with Crippen LogP contribution in [0.5, 0.6) is 0 Å². The van der Waals surface area contributed by atoms with Crippen molar-refractivity contribution in [3.05, 3.63) is 51.9 Å². The molecule has 0 aromatic carbocycles. The smallest absolute Gasteiger partial charge is 0.145 e. The monoisotopic (exact) mass is 281 g/mol. The SMILES string of the molecule is CCNc1nc(Cc2cccnc2)c(Cl)cc1Cl. The normalized spacial score (nSPS) is 10.4. The Morgan fingerprint density at radius 2 is 2.11 bits per heavy atom. The molecular weight excluding hydrogens is 269 g/mol. The van der Waals surface area contributed by atoms with Gasteiger partial charge in [-0.25, -0.2) is 4.98 Å². The largest absolute Gasteiger partial charge is 0.369 e. The maximum absolute atomic E-state index is 6.16. The minimum absolute atomic E-state index is 0.539. The number of aromatic nitrogens is 2. The lowest BCUT2D eigenvalue weighted by Crippen LogP contribution is -2.03. The molecule has 18 heavy (non-hydrogen) atoms. The highest BCUT2D eigenvalue weighted by Gasteiger charge is 2.09. The average molecular weight is 282 g/mol. The van der Waals surface area contributed by atoms with Crippen LogP contribution >= 0.6 is 23.2 Å². The molecule has 0 saturated carbocycles. The molecule has 0 atom stereocenters. The second-order valence-corrected chi connectivity index (χ2v) is 4.63. The Bertz CT molecular complexity index is 529. The molecule has 94 valence electrons. The Morgan fingerprint density at radius 1 is 1.28 bits per heavy atom. The topological polar surface area (TPSA) is 37.8 Å². The molecule has 0 radical (unpaired) electrons. The summed E-state index contributed by atoms with van der Waals surface area (Å²) in [6.07, 6.45) is 4.19. The van der Waals surface area contributed by atoms with Crippen molar-refractivity contribution < 1.29 is 0 Å². The van der Waals surface area contributed by atoms with Crippen molar-refractivity contribution in [2.24, 2.45) is 0 Å². The van der Waals surface area contributed by atoms with Crippen molar-refractivity contribution in [1.82, 2.24) is 9.97 Å². The number of anilines is 1. The number of hydrogen-bond donors (Lipinski definition) is 1. The summed E-state index contributed by atoms with van der Waals surface area (Å²) in [4.78, 5) is 8.53. The highest BCUT2D eigenvalue weighted by molar-refractivity contribution is 6.36. The zero-order valence-electron chi connectivity index (χ0n) is 9.95. The van der Waals surface area contributed by atoms with Crippen LogP contribution in [0.3, 0.4) is 0 Å². The second-order valence-electron chi connectivity index (χ2n) is 3.82. The fraction of sp³-hybridized carbons (Fsp3) is 0.231. The number of pyridine rings is 2. The molecule has 2 rings (SSSR count). The molecule has 0 unspecified atom stereocenters. The number of nitrogens with one attached hydrogen (secondary N) is 1. The van der Waals surface area contributed by atoms with E-state index in [9.17, 15) is 0 Å². The molecule has 0 aliphatic heterocycles. The van der Waals surface area contributed by atoms with E-state index in [1.165, 1.54) is 0 Å². The third-order valence-corrected chi connectivity index (χ3v) is 3.06. The van der Waals surface area contributed by atoms with Crippen LogP contribution in [0.1, 0.15) is 18.2 Å². The number of nitrogens with zero attached hydrogens (tertiary/aromatic N) is 2. The Kier molecular flexibility index (Phi) is 4.39. The fourth-order valence-corrected chi connectivity index (χ4v) is 2.11. The molecule has 0 spiro atoms. The van der Waals surface area contributed by atoms with Crippen LogP contribution in [0, 0.1) is 0 Å². The minimum Gasteiger partial charge on any atom is -0.369 e. The summed E-state index contributed by atoms with van der Waals surface area (Å²) in [5.74, 6) is 0.669. The second kappa shape index (κ2) is 6.03. The Labute approximate surface area is 116 Å². The van der Waals surface area contributed by atoms with Crippen LogP contribution in [0.25, 0.3) is 0 Å². The molecule has 0 bridgehead atoms. The van der Waals surface area contributed by atoms with Gasteiger partial charge in [-0.05, 0) is 24.6 Å². The zero-order chi connectivity index (χ0) is 13.0. The third kappa shape index (κ3) is 3.12. The molecule has 5 heteroatoms. The van der Waals surface area contributed by atoms with E-state index in [-0.39, 0.29) is 0 Å². The summed E-state index contributed by atoms with van der Waals surface area (Å²) >= 11 is 12.2. The van der Waals surface area contributed by atoms with Gasteiger partial charge in [-0.15, -0.1) is 0 Å². The molecule has 3 nitrogen and oxygen atoms in total. The molecule has 0 aliphatic rings. The summed E-state index contributed by atoms with van der Waals surface area (Å²) in [5, 5.41) is 4.23. The van der Waals surface area contributed by atoms with Gasteiger partial charge >= 0.3 is 0 Å². The van der Waals surface area contributed by atoms with Crippen molar-refractivity contribution in [3.8, 4) is 0 Å². The lowest BCUT2D eigenvalue weighted by molar-refractivity contribution is 1.04. The molecule has 1 N–H and O–H groups in total. The first-order valence-electron chi connectivity index (χ1n) is 5.68. The Hall–Kier alpha value is -1.32. The van der Waals surface area contributed by atoms with Gasteiger partial charge in [0.1, 0.15) is 5.82 Å². The number of rotatable bonds is 4. The van der Waals surface area contributed by atoms with Gasteiger partial charge in [0, 0.05) is 25.4 Å². The van der Waals surface area contributed by atoms with E-state index < -0.39 is 0 Å². The van der Waals surface area contributed by atoms with Crippen LogP contribution in [-0.2, 0) is 6.42 Å². The van der Waals surface area contributed by atoms with Crippen molar-refractivity contribution in [3.63, 3.8) is 0 Å². The molecule has 0 fully saturated rings. The van der Waals surface area contributed by atoms with Crippen molar-refractivity contribution in [2.45, 2.75) is 13.3 Å². The summed E-state index contributed by atoms with van der Waals surface area (Å²) in [6, 6.07) is 5.61. The van der Waals surface area contributed by atoms with Gasteiger partial charge in [-0.2, -0.15) is 0 Å². The van der Waals surface area contributed by atoms with Crippen LogP contribution in [0.2, 0.25) is 10.0 Å². The average Bonchev–Trinajstić information content (AvgIpc) is 2.37. The van der Waals surface area contributed by atoms with Gasteiger partial charge in [-0.3, -0.25) is 4.98 Å². The van der Waals surface area contributed by atoms with E-state index in [1.54, 1.807) is 18.5 Å². The molecule has 2 heterocycles. The lowest BCUT2D eigenvalue weighted by Gasteiger charge is -2.09. The molecule has 2 aromatic rings. The maximum Gasteiger partial charge on any atom is 0.145 e. The highest BCUT2D eigenvalue weighted by Crippen LogP contribution is 2.27. The first-order valence-corrected chi connectivity index (χ1v) is 6.44. The van der Waals surface area contributed by atoms with E-state index in [0.717, 1.165) is 17.8 Å². The predicted octanol–water partition coefficient (Wildman–Crippen LogP) is 3.81. The first kappa shape index (κ1) is 13.1. The van der Waals surface area contributed by atoms with E-state index in [4.69, 9.17) is 23.2 Å². The van der Waals surface area contributed by atoms with E-state index in [1.807, 2.05) is 19.1 Å². The molecular formula is C13H13Cl2N3. The van der Waals surface area contributed by atoms with Gasteiger partial charge < -0.3 is 5.32 Å². The Morgan fingerprint density at radius 3 is 2.78 bits per heavy atom. The zero-order valence-corrected chi connectivity index (χ0v) is 11.5. The van der Waals surface area contributed by atoms with Crippen LogP contribution < -0.4 is 5.32 Å². The molecule has 2 aromatic heterocycles. The van der Waals surface area contributed by atoms with Crippen molar-refractivity contribution >= 4 is 29.0 Å². The summed E-state index contributed by atoms with van der Waals surface area (Å²) in [6.45, 7) is 2.76. The lowest BCUT2D eigenvalue weighted by atomic mass is 10.1. The number of halogens is 2. The first-order chi connectivity index (χ1) is 8.70. The minimum atomic E-state index is 0.539. The maximum atomic E-state index is 6.16. The molecule has 0 aliphatic carbocycles. The van der Waals surface area contributed by atoms with Crippen LogP contribution in [-0.4, -0.2) is 16.5 Å². The standard InChI is InChI=1S/C13H13Cl2N3/c1-2-17-13-11(15)7-10(14)12(18-13)6-9-4-3-5-16-8-9/h3-5,7-8H,2,6H2,1H3,(H,17,18). The molecule has 0 saturated heterocycles. The Balaban J connectivity index is 2.30. The van der Waals surface area contributed by atoms with Crippen LogP contribution in [0.4, 0.5) is 5.82 Å². The van der Waals surface area contributed by atoms with E-state index in [0.29, 0.717) is 22.3 Å². The highest BCUT2D eigenvalue weighted by atomic mass is 35.5. The predicted molar refractivity (Wildman–Crippen MR) is 75.5 cm³/mol. The summed E-state index contributed by atoms with van der Waals surface area (Å²) < 4.78 is 0. The van der Waals surface area contributed by atoms with Crippen molar-refractivity contribution in [1.29, 1.82) is 0 Å². The summed E-state index contributed by atoms with van der Waals surface area (Å²) in [7, 11) is 0. The van der Waals surface area contributed by atoms with Gasteiger partial charge in [0.15, 0.2) is 0 Å². The van der Waals surface area contributed by atoms with Gasteiger partial charge in [0.05, 0.1) is 15.7 Å². The van der Waals surface area contributed by atoms with Gasteiger partial charge in [-0.1, -0.05) is 29.3 Å². The fourth-order valence-electron chi connectivity index (χ4n) is 1.62. The van der Waals surface area contributed by atoms with Crippen molar-refractivity contribution in [2.75, 3.05) is 11.9 Å².